The van der Waals surface area contributed by atoms with E-state index in [2.05, 4.69) is 26.1 Å². The Balaban J connectivity index is 2.02. The molecule has 1 heterocycles. The van der Waals surface area contributed by atoms with E-state index in [0.717, 1.165) is 6.42 Å². The van der Waals surface area contributed by atoms with Gasteiger partial charge in [0, 0.05) is 11.3 Å². The van der Waals surface area contributed by atoms with Gasteiger partial charge in [-0.25, -0.2) is 0 Å². The maximum absolute atomic E-state index is 4.94. The highest BCUT2D eigenvalue weighted by atomic mass is 32.2. The zero-order chi connectivity index (χ0) is 12.4. The lowest BCUT2D eigenvalue weighted by molar-refractivity contribution is 0.291. The molecule has 0 radical (unpaired) electrons. The highest BCUT2D eigenvalue weighted by molar-refractivity contribution is 8.13. The summed E-state index contributed by atoms with van der Waals surface area (Å²) in [5.74, 6) is 1.21. The predicted molar refractivity (Wildman–Crippen MR) is 77.8 cm³/mol. The van der Waals surface area contributed by atoms with Crippen molar-refractivity contribution < 1.29 is 0 Å². The summed E-state index contributed by atoms with van der Waals surface area (Å²) >= 11 is 1.91. The molecule has 0 aromatic rings. The van der Waals surface area contributed by atoms with Crippen LogP contribution in [0.3, 0.4) is 0 Å². The SMILES string of the molecule is CCC1(C)CCSC(NC2(C)CCCCC2)=N1. The Hall–Kier alpha value is -0.180. The standard InChI is InChI=1S/C14H26N2S/c1-4-13(2)10-11-17-12(15-13)16-14(3)8-6-5-7-9-14/h4-11H2,1-3H3,(H,15,16). The minimum absolute atomic E-state index is 0.179. The van der Waals surface area contributed by atoms with Crippen molar-refractivity contribution in [1.29, 1.82) is 0 Å². The third kappa shape index (κ3) is 3.40. The minimum atomic E-state index is 0.179. The summed E-state index contributed by atoms with van der Waals surface area (Å²) < 4.78 is 0. The van der Waals surface area contributed by atoms with Gasteiger partial charge in [-0.1, -0.05) is 37.9 Å². The van der Waals surface area contributed by atoms with Gasteiger partial charge in [0.25, 0.3) is 0 Å². The number of aliphatic imine (C=N–C) groups is 1. The van der Waals surface area contributed by atoms with Crippen LogP contribution in [0.2, 0.25) is 0 Å². The number of hydrogen-bond donors (Lipinski definition) is 1. The molecule has 17 heavy (non-hydrogen) atoms. The second-order valence-electron chi connectivity index (χ2n) is 6.11. The van der Waals surface area contributed by atoms with Gasteiger partial charge in [0.05, 0.1) is 5.54 Å². The van der Waals surface area contributed by atoms with Crippen molar-refractivity contribution in [3.63, 3.8) is 0 Å². The normalized spacial score (nSPS) is 33.0. The summed E-state index contributed by atoms with van der Waals surface area (Å²) in [7, 11) is 0. The molecule has 2 rings (SSSR count). The largest absolute Gasteiger partial charge is 0.360 e. The fraction of sp³-hybridized carbons (Fsp3) is 0.929. The van der Waals surface area contributed by atoms with Gasteiger partial charge in [-0.3, -0.25) is 4.99 Å². The van der Waals surface area contributed by atoms with E-state index in [1.807, 2.05) is 11.8 Å². The van der Waals surface area contributed by atoms with Gasteiger partial charge in [-0.2, -0.15) is 0 Å². The maximum atomic E-state index is 4.94. The van der Waals surface area contributed by atoms with Crippen LogP contribution in [0.25, 0.3) is 0 Å². The zero-order valence-electron chi connectivity index (χ0n) is 11.5. The van der Waals surface area contributed by atoms with Crippen LogP contribution in [0.5, 0.6) is 0 Å². The van der Waals surface area contributed by atoms with Crippen molar-refractivity contribution in [2.75, 3.05) is 5.75 Å². The van der Waals surface area contributed by atoms with Crippen LogP contribution in [0, 0.1) is 0 Å². The average Bonchev–Trinajstić information content (AvgIpc) is 2.29. The summed E-state index contributed by atoms with van der Waals surface area (Å²) in [4.78, 5) is 4.94. The lowest BCUT2D eigenvalue weighted by Gasteiger charge is -2.38. The van der Waals surface area contributed by atoms with Gasteiger partial charge in [0.1, 0.15) is 0 Å². The third-order valence-corrected chi connectivity index (χ3v) is 5.25. The maximum Gasteiger partial charge on any atom is 0.157 e. The monoisotopic (exact) mass is 254 g/mol. The zero-order valence-corrected chi connectivity index (χ0v) is 12.3. The topological polar surface area (TPSA) is 24.4 Å². The number of nitrogens with zero attached hydrogens (tertiary/aromatic N) is 1. The highest BCUT2D eigenvalue weighted by Crippen LogP contribution is 2.32. The van der Waals surface area contributed by atoms with Gasteiger partial charge in [-0.15, -0.1) is 0 Å². The van der Waals surface area contributed by atoms with Crippen LogP contribution in [0.15, 0.2) is 4.99 Å². The van der Waals surface area contributed by atoms with Crippen molar-refractivity contribution in [3.8, 4) is 0 Å². The summed E-state index contributed by atoms with van der Waals surface area (Å²) in [5.41, 5.74) is 0.481. The van der Waals surface area contributed by atoms with E-state index in [0.29, 0.717) is 5.54 Å². The van der Waals surface area contributed by atoms with Crippen molar-refractivity contribution >= 4 is 16.9 Å². The van der Waals surface area contributed by atoms with Crippen LogP contribution in [-0.2, 0) is 0 Å². The molecule has 1 aliphatic heterocycles. The summed E-state index contributed by atoms with van der Waals surface area (Å²) in [5, 5.41) is 4.94. The van der Waals surface area contributed by atoms with E-state index in [4.69, 9.17) is 4.99 Å². The Morgan fingerprint density at radius 3 is 2.53 bits per heavy atom. The molecular formula is C14H26N2S. The molecule has 2 nitrogen and oxygen atoms in total. The highest BCUT2D eigenvalue weighted by Gasteiger charge is 2.31. The molecule has 2 aliphatic rings. The van der Waals surface area contributed by atoms with Gasteiger partial charge in [0.15, 0.2) is 5.17 Å². The molecule has 1 aliphatic carbocycles. The van der Waals surface area contributed by atoms with Crippen LogP contribution in [-0.4, -0.2) is 22.0 Å². The van der Waals surface area contributed by atoms with Crippen LogP contribution < -0.4 is 5.32 Å². The lowest BCUT2D eigenvalue weighted by Crippen LogP contribution is -2.48. The molecule has 0 aromatic heterocycles. The van der Waals surface area contributed by atoms with Crippen LogP contribution in [0.4, 0.5) is 0 Å². The fourth-order valence-electron chi connectivity index (χ4n) is 2.74. The Morgan fingerprint density at radius 1 is 1.18 bits per heavy atom. The molecule has 0 amide bonds. The molecule has 98 valence electrons. The van der Waals surface area contributed by atoms with E-state index in [-0.39, 0.29) is 5.54 Å². The smallest absolute Gasteiger partial charge is 0.157 e. The lowest BCUT2D eigenvalue weighted by atomic mass is 9.83. The first kappa shape index (κ1) is 13.3. The predicted octanol–water partition coefficient (Wildman–Crippen LogP) is 3.96. The average molecular weight is 254 g/mol. The molecule has 0 bridgehead atoms. The van der Waals surface area contributed by atoms with Crippen LogP contribution in [0.1, 0.15) is 65.7 Å². The molecule has 1 atom stereocenters. The Labute approximate surface area is 110 Å². The van der Waals surface area contributed by atoms with Gasteiger partial charge in [-0.05, 0) is 39.5 Å². The van der Waals surface area contributed by atoms with Gasteiger partial charge in [0.2, 0.25) is 0 Å². The molecule has 0 saturated heterocycles. The number of hydrogen-bond acceptors (Lipinski definition) is 3. The molecule has 0 spiro atoms. The molecule has 1 saturated carbocycles. The summed E-state index contributed by atoms with van der Waals surface area (Å²) in [6.07, 6.45) is 9.11. The Bertz CT molecular complexity index is 295. The van der Waals surface area contributed by atoms with Crippen molar-refractivity contribution in [2.45, 2.75) is 76.8 Å². The number of nitrogens with one attached hydrogen (secondary N) is 1. The van der Waals surface area contributed by atoms with E-state index >= 15 is 0 Å². The Morgan fingerprint density at radius 2 is 1.88 bits per heavy atom. The molecule has 1 unspecified atom stereocenters. The molecular weight excluding hydrogens is 228 g/mol. The van der Waals surface area contributed by atoms with E-state index in [9.17, 15) is 0 Å². The number of amidine groups is 1. The minimum Gasteiger partial charge on any atom is -0.360 e. The van der Waals surface area contributed by atoms with Crippen molar-refractivity contribution in [1.82, 2.24) is 5.32 Å². The fourth-order valence-corrected chi connectivity index (χ4v) is 4.07. The number of rotatable bonds is 2. The quantitative estimate of drug-likeness (QED) is 0.806. The molecule has 1 fully saturated rings. The molecule has 3 heteroatoms. The molecule has 0 aromatic carbocycles. The first-order chi connectivity index (χ1) is 8.05. The van der Waals surface area contributed by atoms with Crippen molar-refractivity contribution in [2.24, 2.45) is 4.99 Å². The summed E-state index contributed by atoms with van der Waals surface area (Å²) in [6, 6.07) is 0. The van der Waals surface area contributed by atoms with E-state index in [1.165, 1.54) is 49.4 Å². The van der Waals surface area contributed by atoms with Gasteiger partial charge >= 0.3 is 0 Å². The third-order valence-electron chi connectivity index (χ3n) is 4.38. The van der Waals surface area contributed by atoms with Crippen molar-refractivity contribution in [3.05, 3.63) is 0 Å². The second-order valence-corrected chi connectivity index (χ2v) is 7.20. The van der Waals surface area contributed by atoms with E-state index < -0.39 is 0 Å². The first-order valence-electron chi connectivity index (χ1n) is 7.06. The van der Waals surface area contributed by atoms with Gasteiger partial charge < -0.3 is 5.32 Å². The van der Waals surface area contributed by atoms with E-state index in [1.54, 1.807) is 0 Å². The first-order valence-corrected chi connectivity index (χ1v) is 8.05. The summed E-state index contributed by atoms with van der Waals surface area (Å²) in [6.45, 7) is 6.91. The van der Waals surface area contributed by atoms with Crippen LogP contribution >= 0.6 is 11.8 Å². The Kier molecular flexibility index (Phi) is 4.06. The molecule has 1 N–H and O–H groups in total. The second kappa shape index (κ2) is 5.21. The number of thioether (sulfide) groups is 1.